The lowest BCUT2D eigenvalue weighted by Crippen LogP contribution is -2.36. The molecule has 33 heavy (non-hydrogen) atoms. The molecule has 1 aliphatic heterocycles. The molecule has 2 heterocycles. The summed E-state index contributed by atoms with van der Waals surface area (Å²) < 4.78 is 40.7. The van der Waals surface area contributed by atoms with Gasteiger partial charge in [-0.05, 0) is 56.1 Å². The van der Waals surface area contributed by atoms with Crippen LogP contribution in [0.15, 0.2) is 53.3 Å². The molecule has 3 aromatic rings. The van der Waals surface area contributed by atoms with Gasteiger partial charge < -0.3 is 9.47 Å². The lowest BCUT2D eigenvalue weighted by molar-refractivity contribution is 0.0374. The Morgan fingerprint density at radius 2 is 1.91 bits per heavy atom. The molecule has 0 amide bonds. The first-order chi connectivity index (χ1) is 16.0. The Kier molecular flexibility index (Phi) is 7.47. The van der Waals surface area contributed by atoms with Crippen molar-refractivity contribution in [1.82, 2.24) is 14.5 Å². The van der Waals surface area contributed by atoms with Crippen LogP contribution in [0.1, 0.15) is 23.5 Å². The lowest BCUT2D eigenvalue weighted by atomic mass is 10.1. The number of aromatic nitrogens is 2. The molecule has 0 spiro atoms. The van der Waals surface area contributed by atoms with Crippen molar-refractivity contribution in [3.63, 3.8) is 0 Å². The maximum absolute atomic E-state index is 14.9. The summed E-state index contributed by atoms with van der Waals surface area (Å²) in [5.74, 6) is -0.157. The van der Waals surface area contributed by atoms with Gasteiger partial charge in [-0.1, -0.05) is 12.1 Å². The Bertz CT molecular complexity index is 1160. The molecule has 4 rings (SSSR count). The molecule has 6 nitrogen and oxygen atoms in total. The maximum atomic E-state index is 14.9. The molecule has 0 aliphatic carbocycles. The lowest BCUT2D eigenvalue weighted by Gasteiger charge is -2.26. The molecule has 0 radical (unpaired) electrons. The summed E-state index contributed by atoms with van der Waals surface area (Å²) in [4.78, 5) is 19.5. The third-order valence-corrected chi connectivity index (χ3v) is 5.60. The van der Waals surface area contributed by atoms with Crippen molar-refractivity contribution in [3.8, 4) is 11.4 Å². The number of nitrogens with zero attached hydrogens (tertiary/aromatic N) is 3. The predicted molar refractivity (Wildman–Crippen MR) is 121 cm³/mol. The molecule has 1 aliphatic rings. The molecule has 8 heteroatoms. The standard InChI is InChI=1S/C25H27F2N3O3/c1-18-14-25(31)30(24(28-18)17-33-22-6-2-5-20(26)15-22)21-8-7-19(23(27)16-21)4-3-9-29-10-12-32-13-11-29/h2,5-8,14-16H,3-4,9-13,17H2,1H3. The minimum Gasteiger partial charge on any atom is -0.486 e. The van der Waals surface area contributed by atoms with Crippen molar-refractivity contribution in [2.24, 2.45) is 0 Å². The zero-order valence-electron chi connectivity index (χ0n) is 18.6. The van der Waals surface area contributed by atoms with Gasteiger partial charge in [0.1, 0.15) is 24.0 Å². The number of hydrogen-bond acceptors (Lipinski definition) is 5. The van der Waals surface area contributed by atoms with Crippen LogP contribution in [0.3, 0.4) is 0 Å². The van der Waals surface area contributed by atoms with Crippen LogP contribution in [-0.4, -0.2) is 47.3 Å². The molecular weight excluding hydrogens is 428 g/mol. The number of rotatable bonds is 8. The summed E-state index contributed by atoms with van der Waals surface area (Å²) >= 11 is 0. The van der Waals surface area contributed by atoms with Crippen molar-refractivity contribution in [3.05, 3.63) is 87.6 Å². The van der Waals surface area contributed by atoms with E-state index in [0.29, 0.717) is 34.9 Å². The number of hydrogen-bond donors (Lipinski definition) is 0. The minimum absolute atomic E-state index is 0.0662. The van der Waals surface area contributed by atoms with Crippen LogP contribution in [0, 0.1) is 18.6 Å². The van der Waals surface area contributed by atoms with Crippen LogP contribution < -0.4 is 10.3 Å². The van der Waals surface area contributed by atoms with Gasteiger partial charge in [0.15, 0.2) is 5.82 Å². The second-order valence-electron chi connectivity index (χ2n) is 8.07. The number of benzene rings is 2. The van der Waals surface area contributed by atoms with E-state index in [0.717, 1.165) is 39.3 Å². The highest BCUT2D eigenvalue weighted by Gasteiger charge is 2.14. The van der Waals surface area contributed by atoms with Crippen molar-refractivity contribution < 1.29 is 18.3 Å². The van der Waals surface area contributed by atoms with E-state index in [1.54, 1.807) is 25.1 Å². The second kappa shape index (κ2) is 10.7. The van der Waals surface area contributed by atoms with Crippen molar-refractivity contribution >= 4 is 0 Å². The zero-order chi connectivity index (χ0) is 23.2. The minimum atomic E-state index is -0.423. The van der Waals surface area contributed by atoms with E-state index < -0.39 is 5.82 Å². The Balaban J connectivity index is 1.50. The Labute approximate surface area is 191 Å². The first-order valence-electron chi connectivity index (χ1n) is 11.1. The third kappa shape index (κ3) is 6.03. The Morgan fingerprint density at radius 1 is 1.09 bits per heavy atom. The first kappa shape index (κ1) is 23.1. The van der Waals surface area contributed by atoms with Crippen molar-refractivity contribution in [2.45, 2.75) is 26.4 Å². The summed E-state index contributed by atoms with van der Waals surface area (Å²) in [5.41, 5.74) is 1.17. The van der Waals surface area contributed by atoms with Crippen LogP contribution >= 0.6 is 0 Å². The third-order valence-electron chi connectivity index (χ3n) is 5.60. The van der Waals surface area contributed by atoms with Gasteiger partial charge in [0.25, 0.3) is 5.56 Å². The molecule has 0 N–H and O–H groups in total. The molecule has 1 aromatic heterocycles. The van der Waals surface area contributed by atoms with Gasteiger partial charge >= 0.3 is 0 Å². The van der Waals surface area contributed by atoms with Gasteiger partial charge in [0.05, 0.1) is 18.9 Å². The number of halogens is 2. The maximum Gasteiger partial charge on any atom is 0.258 e. The van der Waals surface area contributed by atoms with Crippen LogP contribution in [0.5, 0.6) is 5.75 Å². The Hall–Kier alpha value is -3.10. The van der Waals surface area contributed by atoms with E-state index in [4.69, 9.17) is 9.47 Å². The Morgan fingerprint density at radius 3 is 2.67 bits per heavy atom. The monoisotopic (exact) mass is 455 g/mol. The molecule has 0 bridgehead atoms. The summed E-state index contributed by atoms with van der Waals surface area (Å²) in [6.45, 7) is 5.84. The van der Waals surface area contributed by atoms with Gasteiger partial charge in [0.2, 0.25) is 0 Å². The predicted octanol–water partition coefficient (Wildman–Crippen LogP) is 3.66. The number of aryl methyl sites for hydroxylation is 2. The highest BCUT2D eigenvalue weighted by molar-refractivity contribution is 5.37. The highest BCUT2D eigenvalue weighted by atomic mass is 19.1. The van der Waals surface area contributed by atoms with Crippen molar-refractivity contribution in [1.29, 1.82) is 0 Å². The van der Waals surface area contributed by atoms with Crippen LogP contribution in [0.4, 0.5) is 8.78 Å². The first-order valence-corrected chi connectivity index (χ1v) is 11.1. The molecule has 0 saturated carbocycles. The molecule has 1 saturated heterocycles. The van der Waals surface area contributed by atoms with Crippen LogP contribution in [-0.2, 0) is 17.8 Å². The quantitative estimate of drug-likeness (QED) is 0.519. The number of ether oxygens (including phenoxy) is 2. The van der Waals surface area contributed by atoms with E-state index in [9.17, 15) is 13.6 Å². The van der Waals surface area contributed by atoms with Gasteiger partial charge in [-0.15, -0.1) is 0 Å². The molecule has 1 fully saturated rings. The van der Waals surface area contributed by atoms with Gasteiger partial charge in [-0.3, -0.25) is 14.3 Å². The molecule has 0 unspecified atom stereocenters. The smallest absolute Gasteiger partial charge is 0.258 e. The average Bonchev–Trinajstić information content (AvgIpc) is 2.79. The molecular formula is C25H27F2N3O3. The van der Waals surface area contributed by atoms with Gasteiger partial charge in [0, 0.05) is 30.9 Å². The van der Waals surface area contributed by atoms with E-state index in [-0.39, 0.29) is 18.0 Å². The average molecular weight is 456 g/mol. The topological polar surface area (TPSA) is 56.6 Å². The molecule has 0 atom stereocenters. The van der Waals surface area contributed by atoms with E-state index >= 15 is 0 Å². The van der Waals surface area contributed by atoms with E-state index in [1.807, 2.05) is 0 Å². The SMILES string of the molecule is Cc1cc(=O)n(-c2ccc(CCCN3CCOCC3)c(F)c2)c(COc2cccc(F)c2)n1. The van der Waals surface area contributed by atoms with E-state index in [2.05, 4.69) is 9.88 Å². The number of morpholine rings is 1. The van der Waals surface area contributed by atoms with Crippen molar-refractivity contribution in [2.75, 3.05) is 32.8 Å². The van der Waals surface area contributed by atoms with Gasteiger partial charge in [-0.2, -0.15) is 0 Å². The highest BCUT2D eigenvalue weighted by Crippen LogP contribution is 2.18. The zero-order valence-corrected chi connectivity index (χ0v) is 18.6. The van der Waals surface area contributed by atoms with Crippen LogP contribution in [0.25, 0.3) is 5.69 Å². The summed E-state index contributed by atoms with van der Waals surface area (Å²) in [6, 6.07) is 11.9. The second-order valence-corrected chi connectivity index (χ2v) is 8.07. The fourth-order valence-electron chi connectivity index (χ4n) is 3.93. The molecule has 174 valence electrons. The fraction of sp³-hybridized carbons (Fsp3) is 0.360. The normalized spacial score (nSPS) is 14.4. The summed E-state index contributed by atoms with van der Waals surface area (Å²) in [5, 5.41) is 0. The summed E-state index contributed by atoms with van der Waals surface area (Å²) in [6.07, 6.45) is 1.45. The fourth-order valence-corrected chi connectivity index (χ4v) is 3.93. The van der Waals surface area contributed by atoms with Crippen LogP contribution in [0.2, 0.25) is 0 Å². The van der Waals surface area contributed by atoms with Gasteiger partial charge in [-0.25, -0.2) is 13.8 Å². The largest absolute Gasteiger partial charge is 0.486 e. The van der Waals surface area contributed by atoms with E-state index in [1.165, 1.54) is 34.9 Å². The summed E-state index contributed by atoms with van der Waals surface area (Å²) in [7, 11) is 0. The molecule has 2 aromatic carbocycles.